The Kier molecular flexibility index (Phi) is 5.92. The van der Waals surface area contributed by atoms with Gasteiger partial charge in [0.25, 0.3) is 0 Å². The molecule has 0 saturated heterocycles. The van der Waals surface area contributed by atoms with E-state index in [2.05, 4.69) is 0 Å². The molecule has 5 heteroatoms. The molecule has 0 saturated carbocycles. The average Bonchev–Trinajstić information content (AvgIpc) is 2.01. The first-order valence-electron chi connectivity index (χ1n) is 4.11. The summed E-state index contributed by atoms with van der Waals surface area (Å²) in [7, 11) is 0. The van der Waals surface area contributed by atoms with E-state index in [9.17, 15) is 0 Å². The summed E-state index contributed by atoms with van der Waals surface area (Å²) in [6.07, 6.45) is 3.26. The van der Waals surface area contributed by atoms with Crippen LogP contribution >= 0.6 is 23.2 Å². The molecule has 0 aromatic heterocycles. The molecular weight excluding hydrogens is 215 g/mol. The summed E-state index contributed by atoms with van der Waals surface area (Å²) in [6.45, 7) is 2.04. The molecule has 0 aliphatic heterocycles. The van der Waals surface area contributed by atoms with Gasteiger partial charge in [-0.3, -0.25) is 0 Å². The smallest absolute Gasteiger partial charge is 0.316 e. The van der Waals surface area contributed by atoms with Crippen LogP contribution in [-0.2, 0) is 0 Å². The van der Waals surface area contributed by atoms with Crippen LogP contribution in [-0.4, -0.2) is 21.3 Å². The van der Waals surface area contributed by atoms with Crippen molar-refractivity contribution in [1.82, 2.24) is 0 Å². The van der Waals surface area contributed by atoms with Gasteiger partial charge in [-0.05, 0) is 12.8 Å². The third-order valence-corrected chi connectivity index (χ3v) is 2.49. The minimum atomic E-state index is -3.01. The number of aliphatic hydroxyl groups is 3. The van der Waals surface area contributed by atoms with Gasteiger partial charge in [-0.2, -0.15) is 0 Å². The summed E-state index contributed by atoms with van der Waals surface area (Å²) in [5.74, 6) is -3.01. The van der Waals surface area contributed by atoms with Gasteiger partial charge < -0.3 is 15.3 Å². The summed E-state index contributed by atoms with van der Waals surface area (Å²) in [6, 6.07) is 0. The Morgan fingerprint density at radius 1 is 1.15 bits per heavy atom. The highest BCUT2D eigenvalue weighted by Crippen LogP contribution is 2.26. The Morgan fingerprint density at radius 2 is 1.69 bits per heavy atom. The van der Waals surface area contributed by atoms with E-state index in [1.807, 2.05) is 6.92 Å². The zero-order chi connectivity index (χ0) is 10.5. The van der Waals surface area contributed by atoms with E-state index in [1.165, 1.54) is 0 Å². The van der Waals surface area contributed by atoms with Gasteiger partial charge >= 0.3 is 5.97 Å². The highest BCUT2D eigenvalue weighted by molar-refractivity contribution is 6.39. The van der Waals surface area contributed by atoms with Crippen molar-refractivity contribution < 1.29 is 15.3 Å². The Hall–Kier alpha value is 0.200. The summed E-state index contributed by atoms with van der Waals surface area (Å²) in [5, 5.41) is 25.5. The maximum absolute atomic E-state index is 8.65. The molecule has 0 radical (unpaired) electrons. The van der Waals surface area contributed by atoms with Crippen LogP contribution < -0.4 is 0 Å². The van der Waals surface area contributed by atoms with Gasteiger partial charge in [0.1, 0.15) is 5.03 Å². The molecule has 0 aliphatic carbocycles. The van der Waals surface area contributed by atoms with Crippen LogP contribution in [0.15, 0.2) is 10.1 Å². The van der Waals surface area contributed by atoms with Crippen LogP contribution in [0.4, 0.5) is 0 Å². The lowest BCUT2D eigenvalue weighted by molar-refractivity contribution is -0.277. The van der Waals surface area contributed by atoms with Crippen molar-refractivity contribution in [2.24, 2.45) is 0 Å². The van der Waals surface area contributed by atoms with Crippen LogP contribution in [0, 0.1) is 0 Å². The first-order chi connectivity index (χ1) is 5.89. The van der Waals surface area contributed by atoms with E-state index in [-0.39, 0.29) is 5.03 Å². The van der Waals surface area contributed by atoms with Gasteiger partial charge in [0.2, 0.25) is 0 Å². The molecule has 0 rings (SSSR count). The van der Waals surface area contributed by atoms with E-state index >= 15 is 0 Å². The molecule has 3 N–H and O–H groups in total. The summed E-state index contributed by atoms with van der Waals surface area (Å²) < 4.78 is 0. The zero-order valence-electron chi connectivity index (χ0n) is 7.43. The second-order valence-electron chi connectivity index (χ2n) is 2.81. The second-order valence-corrected chi connectivity index (χ2v) is 3.65. The number of allylic oxidation sites excluding steroid dienone is 1. The van der Waals surface area contributed by atoms with Crippen molar-refractivity contribution in [2.75, 3.05) is 0 Å². The van der Waals surface area contributed by atoms with Crippen LogP contribution in [0.25, 0.3) is 0 Å². The first-order valence-corrected chi connectivity index (χ1v) is 4.87. The normalized spacial score (nSPS) is 14.3. The highest BCUT2D eigenvalue weighted by Gasteiger charge is 2.26. The minimum absolute atomic E-state index is 0.0858. The van der Waals surface area contributed by atoms with E-state index < -0.39 is 11.0 Å². The van der Waals surface area contributed by atoms with E-state index in [0.717, 1.165) is 19.3 Å². The molecule has 3 nitrogen and oxygen atoms in total. The fourth-order valence-corrected chi connectivity index (χ4v) is 1.18. The molecule has 0 heterocycles. The molecule has 0 bridgehead atoms. The third kappa shape index (κ3) is 5.49. The standard InChI is InChI=1S/C8H14Cl2O3/c1-2-3-4-5-6(9)7(10)8(11,12)13/h11-13H,2-5H2,1H3. The molecule has 0 aromatic rings. The summed E-state index contributed by atoms with van der Waals surface area (Å²) in [5.41, 5.74) is 0. The Balaban J connectivity index is 4.12. The fourth-order valence-electron chi connectivity index (χ4n) is 0.822. The molecule has 0 fully saturated rings. The number of hydrogen-bond acceptors (Lipinski definition) is 3. The SMILES string of the molecule is CCCCCC(Cl)=C(Cl)C(O)(O)O. The van der Waals surface area contributed by atoms with Gasteiger partial charge in [-0.25, -0.2) is 0 Å². The summed E-state index contributed by atoms with van der Waals surface area (Å²) >= 11 is 11.0. The molecule has 13 heavy (non-hydrogen) atoms. The first kappa shape index (κ1) is 13.2. The van der Waals surface area contributed by atoms with Gasteiger partial charge in [0.15, 0.2) is 0 Å². The van der Waals surface area contributed by atoms with Gasteiger partial charge in [0.05, 0.1) is 0 Å². The van der Waals surface area contributed by atoms with Crippen molar-refractivity contribution in [3.8, 4) is 0 Å². The molecule has 0 spiro atoms. The van der Waals surface area contributed by atoms with Crippen LogP contribution in [0.3, 0.4) is 0 Å². The average molecular weight is 229 g/mol. The van der Waals surface area contributed by atoms with Crippen LogP contribution in [0.1, 0.15) is 32.6 Å². The van der Waals surface area contributed by atoms with Gasteiger partial charge in [-0.15, -0.1) is 0 Å². The zero-order valence-corrected chi connectivity index (χ0v) is 8.94. The third-order valence-electron chi connectivity index (χ3n) is 1.53. The lowest BCUT2D eigenvalue weighted by Gasteiger charge is -2.14. The molecular formula is C8H14Cl2O3. The topological polar surface area (TPSA) is 60.7 Å². The maximum Gasteiger partial charge on any atom is 0.316 e. The maximum atomic E-state index is 8.65. The number of halogens is 2. The largest absolute Gasteiger partial charge is 0.339 e. The lowest BCUT2D eigenvalue weighted by Crippen LogP contribution is -2.28. The van der Waals surface area contributed by atoms with Gasteiger partial charge in [-0.1, -0.05) is 43.0 Å². The monoisotopic (exact) mass is 228 g/mol. The second kappa shape index (κ2) is 5.83. The van der Waals surface area contributed by atoms with Crippen molar-refractivity contribution >= 4 is 23.2 Å². The Labute approximate surface area is 87.6 Å². The van der Waals surface area contributed by atoms with Crippen molar-refractivity contribution in [3.63, 3.8) is 0 Å². The predicted molar refractivity (Wildman–Crippen MR) is 52.3 cm³/mol. The van der Waals surface area contributed by atoms with E-state index in [1.54, 1.807) is 0 Å². The predicted octanol–water partition coefficient (Wildman–Crippen LogP) is 1.89. The number of unbranched alkanes of at least 4 members (excludes halogenated alkanes) is 2. The fraction of sp³-hybridized carbons (Fsp3) is 0.750. The van der Waals surface area contributed by atoms with Crippen LogP contribution in [0.5, 0.6) is 0 Å². The Morgan fingerprint density at radius 3 is 2.08 bits per heavy atom. The lowest BCUT2D eigenvalue weighted by atomic mass is 10.2. The van der Waals surface area contributed by atoms with Gasteiger partial charge in [0, 0.05) is 5.03 Å². The van der Waals surface area contributed by atoms with Crippen molar-refractivity contribution in [3.05, 3.63) is 10.1 Å². The molecule has 0 amide bonds. The molecule has 0 aliphatic rings. The van der Waals surface area contributed by atoms with Crippen LogP contribution in [0.2, 0.25) is 0 Å². The van der Waals surface area contributed by atoms with E-state index in [0.29, 0.717) is 6.42 Å². The minimum Gasteiger partial charge on any atom is -0.339 e. The molecule has 78 valence electrons. The van der Waals surface area contributed by atoms with Crippen molar-refractivity contribution in [1.29, 1.82) is 0 Å². The quantitative estimate of drug-likeness (QED) is 0.498. The van der Waals surface area contributed by atoms with E-state index in [4.69, 9.17) is 38.5 Å². The summed E-state index contributed by atoms with van der Waals surface area (Å²) in [4.78, 5) is 0. The molecule has 0 atom stereocenters. The molecule has 0 aromatic carbocycles. The Bertz CT molecular complexity index is 184. The number of hydrogen-bond donors (Lipinski definition) is 3. The highest BCUT2D eigenvalue weighted by atomic mass is 35.5. The molecule has 0 unspecified atom stereocenters. The van der Waals surface area contributed by atoms with Crippen molar-refractivity contribution in [2.45, 2.75) is 38.6 Å². The number of rotatable bonds is 5.